The van der Waals surface area contributed by atoms with Gasteiger partial charge in [0.1, 0.15) is 0 Å². The largest absolute Gasteiger partial charge is 0.348 e. The molecule has 116 valence electrons. The Hall–Kier alpha value is -1.40. The lowest BCUT2D eigenvalue weighted by molar-refractivity contribution is -0.130. The first-order valence-corrected chi connectivity index (χ1v) is 8.22. The first-order chi connectivity index (χ1) is 10.1. The number of hydrogen-bond acceptors (Lipinski definition) is 4. The van der Waals surface area contributed by atoms with E-state index in [1.165, 1.54) is 0 Å². The SMILES string of the molecule is CN(C)C(=O)CN1CCCN(C(=O)Cc2ccsc2)CC1. The van der Waals surface area contributed by atoms with Gasteiger partial charge >= 0.3 is 0 Å². The van der Waals surface area contributed by atoms with E-state index in [2.05, 4.69) is 4.90 Å². The van der Waals surface area contributed by atoms with Gasteiger partial charge in [0.15, 0.2) is 0 Å². The van der Waals surface area contributed by atoms with Gasteiger partial charge < -0.3 is 9.80 Å². The van der Waals surface area contributed by atoms with Gasteiger partial charge in [-0.3, -0.25) is 14.5 Å². The average molecular weight is 309 g/mol. The second-order valence-electron chi connectivity index (χ2n) is 5.61. The quantitative estimate of drug-likeness (QED) is 0.830. The molecule has 0 spiro atoms. The highest BCUT2D eigenvalue weighted by atomic mass is 32.1. The Morgan fingerprint density at radius 3 is 2.71 bits per heavy atom. The van der Waals surface area contributed by atoms with E-state index in [-0.39, 0.29) is 11.8 Å². The van der Waals surface area contributed by atoms with Crippen molar-refractivity contribution >= 4 is 23.2 Å². The fourth-order valence-corrected chi connectivity index (χ4v) is 3.06. The molecule has 0 unspecified atom stereocenters. The van der Waals surface area contributed by atoms with Gasteiger partial charge in [0.2, 0.25) is 11.8 Å². The zero-order valence-electron chi connectivity index (χ0n) is 12.7. The number of likely N-dealkylation sites (N-methyl/N-ethyl adjacent to an activating group) is 1. The van der Waals surface area contributed by atoms with Crippen LogP contribution >= 0.6 is 11.3 Å². The van der Waals surface area contributed by atoms with Gasteiger partial charge in [0.05, 0.1) is 13.0 Å². The first-order valence-electron chi connectivity index (χ1n) is 7.27. The van der Waals surface area contributed by atoms with E-state index < -0.39 is 0 Å². The summed E-state index contributed by atoms with van der Waals surface area (Å²) < 4.78 is 0. The maximum atomic E-state index is 12.3. The minimum Gasteiger partial charge on any atom is -0.348 e. The minimum absolute atomic E-state index is 0.119. The molecule has 0 saturated carbocycles. The normalized spacial score (nSPS) is 16.6. The molecular weight excluding hydrogens is 286 g/mol. The lowest BCUT2D eigenvalue weighted by Crippen LogP contribution is -2.39. The predicted molar refractivity (Wildman–Crippen MR) is 84.4 cm³/mol. The van der Waals surface area contributed by atoms with Crippen LogP contribution in [0.1, 0.15) is 12.0 Å². The summed E-state index contributed by atoms with van der Waals surface area (Å²) >= 11 is 1.62. The standard InChI is InChI=1S/C15H23N3O2S/c1-16(2)15(20)11-17-5-3-6-18(8-7-17)14(19)10-13-4-9-21-12-13/h4,9,12H,3,5-8,10-11H2,1-2H3. The Balaban J connectivity index is 1.83. The highest BCUT2D eigenvalue weighted by Gasteiger charge is 2.21. The highest BCUT2D eigenvalue weighted by Crippen LogP contribution is 2.10. The summed E-state index contributed by atoms with van der Waals surface area (Å²) in [6.45, 7) is 3.59. The molecule has 0 atom stereocenters. The van der Waals surface area contributed by atoms with Crippen LogP contribution in [0, 0.1) is 0 Å². The second-order valence-corrected chi connectivity index (χ2v) is 6.39. The van der Waals surface area contributed by atoms with Crippen LogP contribution in [0.25, 0.3) is 0 Å². The molecule has 1 aliphatic rings. The van der Waals surface area contributed by atoms with Gasteiger partial charge in [-0.15, -0.1) is 0 Å². The van der Waals surface area contributed by atoms with Crippen molar-refractivity contribution in [2.75, 3.05) is 46.8 Å². The fourth-order valence-electron chi connectivity index (χ4n) is 2.39. The molecule has 21 heavy (non-hydrogen) atoms. The van der Waals surface area contributed by atoms with Crippen molar-refractivity contribution in [1.29, 1.82) is 0 Å². The molecule has 5 nitrogen and oxygen atoms in total. The van der Waals surface area contributed by atoms with Crippen molar-refractivity contribution in [2.24, 2.45) is 0 Å². The van der Waals surface area contributed by atoms with Gasteiger partial charge in [0.25, 0.3) is 0 Å². The van der Waals surface area contributed by atoms with E-state index in [1.54, 1.807) is 30.3 Å². The van der Waals surface area contributed by atoms with Crippen molar-refractivity contribution in [1.82, 2.24) is 14.7 Å². The zero-order chi connectivity index (χ0) is 15.2. The minimum atomic E-state index is 0.119. The van der Waals surface area contributed by atoms with Crippen LogP contribution < -0.4 is 0 Å². The van der Waals surface area contributed by atoms with Gasteiger partial charge in [0, 0.05) is 40.3 Å². The summed E-state index contributed by atoms with van der Waals surface area (Å²) in [5, 5.41) is 4.03. The molecule has 1 saturated heterocycles. The Kier molecular flexibility index (Phi) is 5.76. The van der Waals surface area contributed by atoms with E-state index in [1.807, 2.05) is 21.7 Å². The molecule has 0 radical (unpaired) electrons. The predicted octanol–water partition coefficient (Wildman–Crippen LogP) is 0.913. The lowest BCUT2D eigenvalue weighted by atomic mass is 10.2. The average Bonchev–Trinajstić information content (AvgIpc) is 2.83. The van der Waals surface area contributed by atoms with Crippen molar-refractivity contribution in [3.63, 3.8) is 0 Å². The molecule has 2 heterocycles. The highest BCUT2D eigenvalue weighted by molar-refractivity contribution is 7.07. The van der Waals surface area contributed by atoms with E-state index in [9.17, 15) is 9.59 Å². The van der Waals surface area contributed by atoms with Crippen LogP contribution in [-0.4, -0.2) is 73.3 Å². The number of amides is 2. The summed E-state index contributed by atoms with van der Waals surface area (Å²) in [6.07, 6.45) is 1.41. The van der Waals surface area contributed by atoms with E-state index >= 15 is 0 Å². The summed E-state index contributed by atoms with van der Waals surface area (Å²) in [7, 11) is 3.55. The molecule has 0 N–H and O–H groups in total. The number of nitrogens with zero attached hydrogens (tertiary/aromatic N) is 3. The zero-order valence-corrected chi connectivity index (χ0v) is 13.6. The van der Waals surface area contributed by atoms with Crippen LogP contribution in [0.2, 0.25) is 0 Å². The Bertz CT molecular complexity index is 473. The molecule has 6 heteroatoms. The first kappa shape index (κ1) is 16.0. The van der Waals surface area contributed by atoms with Crippen molar-refractivity contribution in [2.45, 2.75) is 12.8 Å². The fraction of sp³-hybridized carbons (Fsp3) is 0.600. The molecule has 0 aromatic carbocycles. The van der Waals surface area contributed by atoms with Crippen molar-refractivity contribution < 1.29 is 9.59 Å². The van der Waals surface area contributed by atoms with Gasteiger partial charge in [-0.05, 0) is 28.8 Å². The summed E-state index contributed by atoms with van der Waals surface area (Å²) in [4.78, 5) is 29.7. The Labute approximate surface area is 130 Å². The van der Waals surface area contributed by atoms with Gasteiger partial charge in [-0.25, -0.2) is 0 Å². The topological polar surface area (TPSA) is 43.9 Å². The third-order valence-electron chi connectivity index (χ3n) is 3.73. The van der Waals surface area contributed by atoms with Gasteiger partial charge in [-0.2, -0.15) is 11.3 Å². The van der Waals surface area contributed by atoms with Crippen molar-refractivity contribution in [3.05, 3.63) is 22.4 Å². The van der Waals surface area contributed by atoms with Crippen molar-refractivity contribution in [3.8, 4) is 0 Å². The molecule has 1 aromatic rings. The number of hydrogen-bond donors (Lipinski definition) is 0. The van der Waals surface area contributed by atoms with E-state index in [4.69, 9.17) is 0 Å². The Morgan fingerprint density at radius 1 is 1.24 bits per heavy atom. The Morgan fingerprint density at radius 2 is 2.05 bits per heavy atom. The van der Waals surface area contributed by atoms with Crippen LogP contribution in [0.5, 0.6) is 0 Å². The molecule has 0 bridgehead atoms. The van der Waals surface area contributed by atoms with Crippen LogP contribution in [0.15, 0.2) is 16.8 Å². The smallest absolute Gasteiger partial charge is 0.236 e. The molecule has 1 aliphatic heterocycles. The lowest BCUT2D eigenvalue weighted by Gasteiger charge is -2.22. The van der Waals surface area contributed by atoms with Crippen LogP contribution in [-0.2, 0) is 16.0 Å². The molecule has 2 amide bonds. The third kappa shape index (κ3) is 4.82. The van der Waals surface area contributed by atoms with Crippen LogP contribution in [0.4, 0.5) is 0 Å². The molecule has 0 aliphatic carbocycles. The second kappa shape index (κ2) is 7.56. The summed E-state index contributed by atoms with van der Waals surface area (Å²) in [5.41, 5.74) is 1.09. The maximum Gasteiger partial charge on any atom is 0.236 e. The molecule has 1 fully saturated rings. The maximum absolute atomic E-state index is 12.3. The molecule has 2 rings (SSSR count). The van der Waals surface area contributed by atoms with Gasteiger partial charge in [-0.1, -0.05) is 0 Å². The molecule has 1 aromatic heterocycles. The van der Waals surface area contributed by atoms with E-state index in [0.29, 0.717) is 19.5 Å². The number of carbonyl (C=O) groups is 2. The molecular formula is C15H23N3O2S. The number of rotatable bonds is 4. The summed E-state index contributed by atoms with van der Waals surface area (Å²) in [5.74, 6) is 0.308. The number of thiophene rings is 1. The van der Waals surface area contributed by atoms with Crippen LogP contribution in [0.3, 0.4) is 0 Å². The third-order valence-corrected chi connectivity index (χ3v) is 4.47. The number of carbonyl (C=O) groups excluding carboxylic acids is 2. The summed E-state index contributed by atoms with van der Waals surface area (Å²) in [6, 6.07) is 2.00. The monoisotopic (exact) mass is 309 g/mol. The van der Waals surface area contributed by atoms with E-state index in [0.717, 1.165) is 31.6 Å².